The number of aliphatic hydroxyl groups excluding tert-OH is 1. The summed E-state index contributed by atoms with van der Waals surface area (Å²) in [5.41, 5.74) is 0.996. The van der Waals surface area contributed by atoms with Crippen LogP contribution in [-0.4, -0.2) is 35.4 Å². The molecule has 0 spiro atoms. The summed E-state index contributed by atoms with van der Waals surface area (Å²) in [5.74, 6) is 1.16. The van der Waals surface area contributed by atoms with E-state index in [0.717, 1.165) is 11.3 Å². The van der Waals surface area contributed by atoms with Crippen LogP contribution >= 0.6 is 11.8 Å². The van der Waals surface area contributed by atoms with Gasteiger partial charge in [0.25, 0.3) is 0 Å². The zero-order valence-electron chi connectivity index (χ0n) is 11.1. The van der Waals surface area contributed by atoms with Crippen LogP contribution in [-0.2, 0) is 0 Å². The average Bonchev–Trinajstić information content (AvgIpc) is 2.40. The Morgan fingerprint density at radius 3 is 2.44 bits per heavy atom. The van der Waals surface area contributed by atoms with E-state index in [9.17, 15) is 5.11 Å². The fourth-order valence-electron chi connectivity index (χ4n) is 2.32. The second-order valence-electron chi connectivity index (χ2n) is 5.00. The van der Waals surface area contributed by atoms with Gasteiger partial charge in [0.2, 0.25) is 0 Å². The maximum absolute atomic E-state index is 9.45. The van der Waals surface area contributed by atoms with Crippen LogP contribution in [0.15, 0.2) is 29.2 Å². The first-order valence-corrected chi connectivity index (χ1v) is 7.87. The molecule has 1 heterocycles. The van der Waals surface area contributed by atoms with Crippen molar-refractivity contribution >= 4 is 11.8 Å². The monoisotopic (exact) mass is 265 g/mol. The van der Waals surface area contributed by atoms with Gasteiger partial charge in [-0.05, 0) is 50.6 Å². The van der Waals surface area contributed by atoms with Crippen LogP contribution < -0.4 is 0 Å². The zero-order valence-corrected chi connectivity index (χ0v) is 12.0. The smallest absolute Gasteiger partial charge is 0.0761 e. The van der Waals surface area contributed by atoms with Crippen molar-refractivity contribution < 1.29 is 5.11 Å². The number of nitrogens with zero attached hydrogens (tertiary/aromatic N) is 1. The molecule has 18 heavy (non-hydrogen) atoms. The van der Waals surface area contributed by atoms with Gasteiger partial charge in [0, 0.05) is 17.2 Å². The third-order valence-electron chi connectivity index (χ3n) is 3.49. The lowest BCUT2D eigenvalue weighted by atomic mass is 10.1. The quantitative estimate of drug-likeness (QED) is 0.826. The molecule has 1 aromatic rings. The number of hydrogen-bond donors (Lipinski definition) is 1. The van der Waals surface area contributed by atoms with E-state index in [2.05, 4.69) is 17.0 Å². The molecule has 1 unspecified atom stereocenters. The van der Waals surface area contributed by atoms with Gasteiger partial charge in [0.1, 0.15) is 0 Å². The van der Waals surface area contributed by atoms with Crippen molar-refractivity contribution in [3.05, 3.63) is 29.8 Å². The molecular weight excluding hydrogens is 242 g/mol. The molecule has 1 aliphatic rings. The van der Waals surface area contributed by atoms with Crippen molar-refractivity contribution in [2.45, 2.75) is 37.2 Å². The molecule has 1 saturated heterocycles. The number of thioether (sulfide) groups is 1. The first kappa shape index (κ1) is 13.9. The third-order valence-corrected chi connectivity index (χ3v) is 4.48. The molecule has 1 aromatic carbocycles. The van der Waals surface area contributed by atoms with E-state index in [1.54, 1.807) is 6.92 Å². The van der Waals surface area contributed by atoms with Gasteiger partial charge in [0.05, 0.1) is 6.10 Å². The molecule has 2 rings (SSSR count). The summed E-state index contributed by atoms with van der Waals surface area (Å²) in [7, 11) is 0. The van der Waals surface area contributed by atoms with Crippen molar-refractivity contribution in [1.82, 2.24) is 4.90 Å². The van der Waals surface area contributed by atoms with E-state index in [4.69, 9.17) is 0 Å². The highest BCUT2D eigenvalue weighted by atomic mass is 32.2. The Morgan fingerprint density at radius 2 is 1.83 bits per heavy atom. The van der Waals surface area contributed by atoms with Crippen molar-refractivity contribution in [3.63, 3.8) is 0 Å². The molecule has 1 fully saturated rings. The number of likely N-dealkylation sites (tertiary alicyclic amines) is 1. The van der Waals surface area contributed by atoms with Crippen LogP contribution in [0.25, 0.3) is 0 Å². The second kappa shape index (κ2) is 7.17. The molecular formula is C15H23NOS. The van der Waals surface area contributed by atoms with Crippen LogP contribution in [0, 0.1) is 0 Å². The topological polar surface area (TPSA) is 23.5 Å². The summed E-state index contributed by atoms with van der Waals surface area (Å²) < 4.78 is 0. The van der Waals surface area contributed by atoms with Gasteiger partial charge in [-0.1, -0.05) is 18.6 Å². The zero-order chi connectivity index (χ0) is 12.8. The molecule has 0 aromatic heterocycles. The Morgan fingerprint density at radius 1 is 1.17 bits per heavy atom. The SMILES string of the molecule is CC(O)c1ccc(SCCN2CCCCC2)cc1. The van der Waals surface area contributed by atoms with E-state index in [-0.39, 0.29) is 6.10 Å². The van der Waals surface area contributed by atoms with Gasteiger partial charge in [-0.15, -0.1) is 11.8 Å². The number of piperidine rings is 1. The van der Waals surface area contributed by atoms with Crippen LogP contribution in [0.3, 0.4) is 0 Å². The first-order valence-electron chi connectivity index (χ1n) is 6.89. The minimum absolute atomic E-state index is 0.364. The molecule has 0 bridgehead atoms. The largest absolute Gasteiger partial charge is 0.389 e. The molecule has 1 aliphatic heterocycles. The maximum atomic E-state index is 9.45. The van der Waals surface area contributed by atoms with Gasteiger partial charge in [-0.3, -0.25) is 0 Å². The van der Waals surface area contributed by atoms with Gasteiger partial charge < -0.3 is 10.0 Å². The minimum Gasteiger partial charge on any atom is -0.389 e. The van der Waals surface area contributed by atoms with Crippen molar-refractivity contribution in [2.24, 2.45) is 0 Å². The highest BCUT2D eigenvalue weighted by molar-refractivity contribution is 7.99. The first-order chi connectivity index (χ1) is 8.75. The fourth-order valence-corrected chi connectivity index (χ4v) is 3.23. The van der Waals surface area contributed by atoms with Gasteiger partial charge in [-0.25, -0.2) is 0 Å². The molecule has 100 valence electrons. The third kappa shape index (κ3) is 4.30. The Hall–Kier alpha value is -0.510. The van der Waals surface area contributed by atoms with Crippen molar-refractivity contribution in [3.8, 4) is 0 Å². The summed E-state index contributed by atoms with van der Waals surface area (Å²) in [4.78, 5) is 3.87. The molecule has 2 nitrogen and oxygen atoms in total. The van der Waals surface area contributed by atoms with Gasteiger partial charge in [-0.2, -0.15) is 0 Å². The lowest BCUT2D eigenvalue weighted by Gasteiger charge is -2.26. The Bertz CT molecular complexity index is 344. The number of aliphatic hydroxyl groups is 1. The van der Waals surface area contributed by atoms with Crippen LogP contribution in [0.4, 0.5) is 0 Å². The lowest BCUT2D eigenvalue weighted by molar-refractivity contribution is 0.199. The number of rotatable bonds is 5. The Kier molecular flexibility index (Phi) is 5.54. The van der Waals surface area contributed by atoms with Gasteiger partial charge >= 0.3 is 0 Å². The van der Waals surface area contributed by atoms with E-state index in [1.807, 2.05) is 23.9 Å². The minimum atomic E-state index is -0.364. The molecule has 0 aliphatic carbocycles. The summed E-state index contributed by atoms with van der Waals surface area (Å²) in [6.45, 7) is 5.56. The standard InChI is InChI=1S/C15H23NOS/c1-13(17)14-5-7-15(8-6-14)18-12-11-16-9-3-2-4-10-16/h5-8,13,17H,2-4,9-12H2,1H3. The predicted molar refractivity (Wildman–Crippen MR) is 78.1 cm³/mol. The molecule has 0 amide bonds. The fraction of sp³-hybridized carbons (Fsp3) is 0.600. The number of hydrogen-bond acceptors (Lipinski definition) is 3. The molecule has 1 N–H and O–H groups in total. The Labute approximate surface area is 114 Å². The lowest BCUT2D eigenvalue weighted by Crippen LogP contribution is -2.31. The molecule has 0 radical (unpaired) electrons. The van der Waals surface area contributed by atoms with E-state index in [0.29, 0.717) is 0 Å². The highest BCUT2D eigenvalue weighted by Gasteiger charge is 2.09. The van der Waals surface area contributed by atoms with Crippen LogP contribution in [0.1, 0.15) is 37.9 Å². The summed E-state index contributed by atoms with van der Waals surface area (Å²) >= 11 is 1.91. The number of benzene rings is 1. The van der Waals surface area contributed by atoms with Crippen molar-refractivity contribution in [2.75, 3.05) is 25.4 Å². The van der Waals surface area contributed by atoms with Crippen LogP contribution in [0.5, 0.6) is 0 Å². The van der Waals surface area contributed by atoms with Gasteiger partial charge in [0.15, 0.2) is 0 Å². The van der Waals surface area contributed by atoms with Crippen molar-refractivity contribution in [1.29, 1.82) is 0 Å². The predicted octanol–water partition coefficient (Wildman–Crippen LogP) is 3.32. The summed E-state index contributed by atoms with van der Waals surface area (Å²) in [6.07, 6.45) is 3.78. The normalized spacial score (nSPS) is 18.8. The van der Waals surface area contributed by atoms with E-state index in [1.165, 1.54) is 43.8 Å². The second-order valence-corrected chi connectivity index (χ2v) is 6.16. The Balaban J connectivity index is 1.72. The molecule has 0 saturated carbocycles. The summed E-state index contributed by atoms with van der Waals surface area (Å²) in [5, 5.41) is 9.45. The average molecular weight is 265 g/mol. The van der Waals surface area contributed by atoms with E-state index >= 15 is 0 Å². The summed E-state index contributed by atoms with van der Waals surface area (Å²) in [6, 6.07) is 8.27. The maximum Gasteiger partial charge on any atom is 0.0761 e. The molecule has 1 atom stereocenters. The molecule has 3 heteroatoms. The highest BCUT2D eigenvalue weighted by Crippen LogP contribution is 2.21. The van der Waals surface area contributed by atoms with Crippen LogP contribution in [0.2, 0.25) is 0 Å². The van der Waals surface area contributed by atoms with E-state index < -0.39 is 0 Å².